The van der Waals surface area contributed by atoms with Gasteiger partial charge in [-0.05, 0) is 48.4 Å². The number of nitrogens with zero attached hydrogens (tertiary/aromatic N) is 4. The maximum Gasteiger partial charge on any atom is 0.246 e. The maximum absolute atomic E-state index is 13.8. The van der Waals surface area contributed by atoms with Crippen molar-refractivity contribution in [2.75, 3.05) is 18.0 Å². The SMILES string of the molecule is CCN(CC)C(=O)[C@H](Cc1ccccc1)N(C=O)c1cc(-c2ccc3ccccc3c2)n(-c2ccccc2)n1. The molecule has 6 heteroatoms. The van der Waals surface area contributed by atoms with Gasteiger partial charge in [-0.1, -0.05) is 84.9 Å². The Balaban J connectivity index is 1.63. The Bertz CT molecular complexity index is 1560. The first-order valence-corrected chi connectivity index (χ1v) is 13.3. The normalized spacial score (nSPS) is 11.7. The standard InChI is InChI=1S/C33H32N4O2/c1-3-35(4-2)33(39)31(21-25-13-7-5-8-14-25)36(24-38)32-23-30(37(34-32)29-17-9-6-10-18-29)28-20-19-26-15-11-12-16-27(26)22-28/h5-20,22-24,31H,3-4,21H2,1-2H3/t31-/m0/s1. The third kappa shape index (κ3) is 5.46. The molecule has 0 fully saturated rings. The Morgan fingerprint density at radius 1 is 0.821 bits per heavy atom. The van der Waals surface area contributed by atoms with E-state index in [-0.39, 0.29) is 5.91 Å². The Morgan fingerprint density at radius 3 is 2.13 bits per heavy atom. The van der Waals surface area contributed by atoms with Gasteiger partial charge in [0.25, 0.3) is 0 Å². The number of aromatic nitrogens is 2. The molecule has 5 rings (SSSR count). The average molecular weight is 517 g/mol. The van der Waals surface area contributed by atoms with Crippen LogP contribution in [0.15, 0.2) is 109 Å². The van der Waals surface area contributed by atoms with E-state index in [0.29, 0.717) is 25.3 Å². The van der Waals surface area contributed by atoms with Crippen molar-refractivity contribution in [3.8, 4) is 16.9 Å². The fourth-order valence-electron chi connectivity index (χ4n) is 4.99. The van der Waals surface area contributed by atoms with Crippen LogP contribution in [0, 0.1) is 0 Å². The number of hydrogen-bond acceptors (Lipinski definition) is 3. The molecule has 196 valence electrons. The quantitative estimate of drug-likeness (QED) is 0.210. The van der Waals surface area contributed by atoms with Gasteiger partial charge in [0, 0.05) is 31.1 Å². The third-order valence-corrected chi connectivity index (χ3v) is 7.09. The first-order valence-electron chi connectivity index (χ1n) is 13.3. The fraction of sp³-hybridized carbons (Fsp3) is 0.182. The number of benzene rings is 4. The lowest BCUT2D eigenvalue weighted by molar-refractivity contribution is -0.133. The summed E-state index contributed by atoms with van der Waals surface area (Å²) >= 11 is 0. The van der Waals surface area contributed by atoms with Crippen molar-refractivity contribution < 1.29 is 9.59 Å². The number of fused-ring (bicyclic) bond motifs is 1. The zero-order chi connectivity index (χ0) is 27.2. The van der Waals surface area contributed by atoms with Crippen LogP contribution in [0.5, 0.6) is 0 Å². The van der Waals surface area contributed by atoms with Crippen LogP contribution in [0.4, 0.5) is 5.82 Å². The van der Waals surface area contributed by atoms with Gasteiger partial charge < -0.3 is 4.90 Å². The van der Waals surface area contributed by atoms with Crippen LogP contribution in [-0.4, -0.2) is 46.1 Å². The summed E-state index contributed by atoms with van der Waals surface area (Å²) in [7, 11) is 0. The van der Waals surface area contributed by atoms with Crippen LogP contribution in [-0.2, 0) is 16.0 Å². The maximum atomic E-state index is 13.8. The number of likely N-dealkylation sites (N-methyl/N-ethyl adjacent to an activating group) is 1. The molecule has 2 amide bonds. The molecule has 5 aromatic rings. The zero-order valence-corrected chi connectivity index (χ0v) is 22.3. The summed E-state index contributed by atoms with van der Waals surface area (Å²) in [5.41, 5.74) is 3.65. The van der Waals surface area contributed by atoms with Gasteiger partial charge in [0.1, 0.15) is 6.04 Å². The first kappa shape index (κ1) is 25.9. The largest absolute Gasteiger partial charge is 0.341 e. The number of anilines is 1. The van der Waals surface area contributed by atoms with Crippen molar-refractivity contribution in [1.29, 1.82) is 0 Å². The van der Waals surface area contributed by atoms with Crippen molar-refractivity contribution in [2.24, 2.45) is 0 Å². The molecule has 1 heterocycles. The summed E-state index contributed by atoms with van der Waals surface area (Å²) in [6, 6.07) is 35.3. The molecule has 0 aliphatic heterocycles. The highest BCUT2D eigenvalue weighted by molar-refractivity contribution is 5.93. The van der Waals surface area contributed by atoms with Crippen LogP contribution >= 0.6 is 0 Å². The highest BCUT2D eigenvalue weighted by Gasteiger charge is 2.31. The summed E-state index contributed by atoms with van der Waals surface area (Å²) in [4.78, 5) is 29.7. The molecule has 0 spiro atoms. The molecule has 0 unspecified atom stereocenters. The highest BCUT2D eigenvalue weighted by Crippen LogP contribution is 2.31. The Hall–Kier alpha value is -4.71. The van der Waals surface area contributed by atoms with E-state index in [0.717, 1.165) is 39.7 Å². The van der Waals surface area contributed by atoms with Gasteiger partial charge in [-0.15, -0.1) is 5.10 Å². The second-order valence-electron chi connectivity index (χ2n) is 9.43. The lowest BCUT2D eigenvalue weighted by Crippen LogP contribution is -2.50. The van der Waals surface area contributed by atoms with Crippen molar-refractivity contribution >= 4 is 28.9 Å². The van der Waals surface area contributed by atoms with E-state index >= 15 is 0 Å². The van der Waals surface area contributed by atoms with E-state index in [9.17, 15) is 9.59 Å². The number of amides is 2. The molecule has 4 aromatic carbocycles. The minimum absolute atomic E-state index is 0.0996. The molecule has 0 saturated carbocycles. The lowest BCUT2D eigenvalue weighted by Gasteiger charge is -2.30. The van der Waals surface area contributed by atoms with Gasteiger partial charge in [0.05, 0.1) is 11.4 Å². The number of rotatable bonds is 10. The lowest BCUT2D eigenvalue weighted by atomic mass is 10.0. The number of carbonyl (C=O) groups excluding carboxylic acids is 2. The molecule has 6 nitrogen and oxygen atoms in total. The average Bonchev–Trinajstić information content (AvgIpc) is 3.43. The van der Waals surface area contributed by atoms with Crippen molar-refractivity contribution in [3.05, 3.63) is 115 Å². The summed E-state index contributed by atoms with van der Waals surface area (Å²) in [5, 5.41) is 7.17. The summed E-state index contributed by atoms with van der Waals surface area (Å²) in [6.07, 6.45) is 1.12. The third-order valence-electron chi connectivity index (χ3n) is 7.09. The zero-order valence-electron chi connectivity index (χ0n) is 22.3. The van der Waals surface area contributed by atoms with Crippen LogP contribution in [0.2, 0.25) is 0 Å². The Labute approximate surface area is 229 Å². The topological polar surface area (TPSA) is 58.4 Å². The van der Waals surface area contributed by atoms with E-state index in [1.165, 1.54) is 4.90 Å². The van der Waals surface area contributed by atoms with Gasteiger partial charge >= 0.3 is 0 Å². The molecule has 0 bridgehead atoms. The first-order chi connectivity index (χ1) is 19.1. The van der Waals surface area contributed by atoms with Crippen LogP contribution in [0.25, 0.3) is 27.7 Å². The van der Waals surface area contributed by atoms with Crippen molar-refractivity contribution in [2.45, 2.75) is 26.3 Å². The molecule has 0 aliphatic rings. The van der Waals surface area contributed by atoms with Crippen molar-refractivity contribution in [1.82, 2.24) is 14.7 Å². The molecule has 1 atom stereocenters. The number of hydrogen-bond donors (Lipinski definition) is 0. The summed E-state index contributed by atoms with van der Waals surface area (Å²) in [6.45, 7) is 5.03. The van der Waals surface area contributed by atoms with Crippen molar-refractivity contribution in [3.63, 3.8) is 0 Å². The second-order valence-corrected chi connectivity index (χ2v) is 9.43. The minimum Gasteiger partial charge on any atom is -0.341 e. The predicted molar refractivity (Wildman–Crippen MR) is 157 cm³/mol. The molecule has 1 aromatic heterocycles. The van der Waals surface area contributed by atoms with E-state index in [4.69, 9.17) is 5.10 Å². The monoisotopic (exact) mass is 516 g/mol. The number of carbonyl (C=O) groups is 2. The molecule has 0 radical (unpaired) electrons. The highest BCUT2D eigenvalue weighted by atomic mass is 16.2. The molecular weight excluding hydrogens is 484 g/mol. The van der Waals surface area contributed by atoms with Gasteiger partial charge in [-0.25, -0.2) is 4.68 Å². The van der Waals surface area contributed by atoms with E-state index in [1.807, 2.05) is 97.4 Å². The summed E-state index contributed by atoms with van der Waals surface area (Å²) in [5.74, 6) is 0.330. The Kier molecular flexibility index (Phi) is 7.83. The summed E-state index contributed by atoms with van der Waals surface area (Å²) < 4.78 is 1.84. The van der Waals surface area contributed by atoms with Gasteiger partial charge in [-0.2, -0.15) is 0 Å². The van der Waals surface area contributed by atoms with E-state index < -0.39 is 6.04 Å². The van der Waals surface area contributed by atoms with Gasteiger partial charge in [0.2, 0.25) is 12.3 Å². The predicted octanol–water partition coefficient (Wildman–Crippen LogP) is 6.14. The smallest absolute Gasteiger partial charge is 0.246 e. The molecule has 0 saturated heterocycles. The van der Waals surface area contributed by atoms with Gasteiger partial charge in [0.15, 0.2) is 5.82 Å². The molecule has 0 N–H and O–H groups in total. The Morgan fingerprint density at radius 2 is 1.46 bits per heavy atom. The number of para-hydroxylation sites is 1. The van der Waals surface area contributed by atoms with Crippen LogP contribution < -0.4 is 4.90 Å². The fourth-order valence-corrected chi connectivity index (χ4v) is 4.99. The van der Waals surface area contributed by atoms with E-state index in [1.54, 1.807) is 4.90 Å². The second kappa shape index (κ2) is 11.8. The molecule has 0 aliphatic carbocycles. The molecular formula is C33H32N4O2. The minimum atomic E-state index is -0.728. The van der Waals surface area contributed by atoms with Gasteiger partial charge in [-0.3, -0.25) is 14.5 Å². The van der Waals surface area contributed by atoms with E-state index in [2.05, 4.69) is 30.3 Å². The van der Waals surface area contributed by atoms with Crippen LogP contribution in [0.3, 0.4) is 0 Å². The molecule has 39 heavy (non-hydrogen) atoms. The van der Waals surface area contributed by atoms with Crippen LogP contribution in [0.1, 0.15) is 19.4 Å².